The van der Waals surface area contributed by atoms with Crippen LogP contribution in [0.15, 0.2) is 18.2 Å². The van der Waals surface area contributed by atoms with E-state index in [-0.39, 0.29) is 5.82 Å². The van der Waals surface area contributed by atoms with E-state index in [4.69, 9.17) is 0 Å². The molecule has 0 spiro atoms. The summed E-state index contributed by atoms with van der Waals surface area (Å²) >= 11 is 2.09. The van der Waals surface area contributed by atoms with Gasteiger partial charge in [-0.05, 0) is 47.2 Å². The van der Waals surface area contributed by atoms with E-state index < -0.39 is 6.10 Å². The van der Waals surface area contributed by atoms with Crippen molar-refractivity contribution in [3.63, 3.8) is 0 Å². The number of aliphatic hydroxyl groups excluding tert-OH is 1. The lowest BCUT2D eigenvalue weighted by Crippen LogP contribution is -1.99. The summed E-state index contributed by atoms with van der Waals surface area (Å²) in [4.78, 5) is 0. The van der Waals surface area contributed by atoms with Crippen molar-refractivity contribution in [2.45, 2.75) is 19.4 Å². The molecule has 0 radical (unpaired) electrons. The molecule has 1 N–H and O–H groups in total. The van der Waals surface area contributed by atoms with E-state index in [2.05, 4.69) is 22.6 Å². The lowest BCUT2D eigenvalue weighted by atomic mass is 10.1. The lowest BCUT2D eigenvalue weighted by Gasteiger charge is -2.09. The van der Waals surface area contributed by atoms with Gasteiger partial charge in [0.2, 0.25) is 0 Å². The molecule has 0 saturated carbocycles. The van der Waals surface area contributed by atoms with E-state index in [0.29, 0.717) is 12.0 Å². The Bertz CT molecular complexity index is 275. The van der Waals surface area contributed by atoms with Gasteiger partial charge in [-0.2, -0.15) is 0 Å². The molecular formula is C9H10FIO. The van der Waals surface area contributed by atoms with Crippen LogP contribution in [0.3, 0.4) is 0 Å². The zero-order valence-corrected chi connectivity index (χ0v) is 8.88. The number of hydrogen-bond acceptors (Lipinski definition) is 1. The molecule has 12 heavy (non-hydrogen) atoms. The van der Waals surface area contributed by atoms with Crippen molar-refractivity contribution in [1.29, 1.82) is 0 Å². The van der Waals surface area contributed by atoms with Gasteiger partial charge in [0, 0.05) is 9.13 Å². The Kier molecular flexibility index (Phi) is 3.46. The normalized spacial score (nSPS) is 13.0. The van der Waals surface area contributed by atoms with Crippen LogP contribution in [0.1, 0.15) is 25.0 Å². The number of halogens is 2. The standard InChI is InChI=1S/C9H10FIO/c1-2-9(12)7-5-6(11)3-4-8(7)10/h3-5,9,12H,2H2,1H3. The van der Waals surface area contributed by atoms with Crippen molar-refractivity contribution >= 4 is 22.6 Å². The summed E-state index contributed by atoms with van der Waals surface area (Å²) < 4.78 is 14.0. The smallest absolute Gasteiger partial charge is 0.129 e. The average molecular weight is 280 g/mol. The van der Waals surface area contributed by atoms with Gasteiger partial charge in [-0.3, -0.25) is 0 Å². The third-order valence-electron chi connectivity index (χ3n) is 1.70. The van der Waals surface area contributed by atoms with Gasteiger partial charge in [0.15, 0.2) is 0 Å². The maximum Gasteiger partial charge on any atom is 0.129 e. The van der Waals surface area contributed by atoms with Crippen LogP contribution in [0.4, 0.5) is 4.39 Å². The zero-order chi connectivity index (χ0) is 9.14. The summed E-state index contributed by atoms with van der Waals surface area (Å²) in [7, 11) is 0. The number of benzene rings is 1. The largest absolute Gasteiger partial charge is 0.388 e. The maximum absolute atomic E-state index is 13.0. The molecule has 0 fully saturated rings. The molecule has 0 heterocycles. The molecule has 1 nitrogen and oxygen atoms in total. The van der Waals surface area contributed by atoms with Crippen molar-refractivity contribution in [2.24, 2.45) is 0 Å². The number of aliphatic hydroxyl groups is 1. The van der Waals surface area contributed by atoms with Crippen molar-refractivity contribution in [1.82, 2.24) is 0 Å². The highest BCUT2D eigenvalue weighted by molar-refractivity contribution is 14.1. The fourth-order valence-corrected chi connectivity index (χ4v) is 1.51. The van der Waals surface area contributed by atoms with Crippen LogP contribution < -0.4 is 0 Å². The molecule has 1 unspecified atom stereocenters. The van der Waals surface area contributed by atoms with Gasteiger partial charge >= 0.3 is 0 Å². The fourth-order valence-electron chi connectivity index (χ4n) is 0.990. The Morgan fingerprint density at radius 2 is 2.25 bits per heavy atom. The number of rotatable bonds is 2. The molecule has 1 aromatic rings. The molecule has 0 aliphatic rings. The first kappa shape index (κ1) is 9.92. The SMILES string of the molecule is CCC(O)c1cc(I)ccc1F. The summed E-state index contributed by atoms with van der Waals surface area (Å²) in [5, 5.41) is 9.39. The molecular weight excluding hydrogens is 270 g/mol. The molecule has 0 bridgehead atoms. The van der Waals surface area contributed by atoms with Crippen LogP contribution in [0, 0.1) is 9.39 Å². The minimum absolute atomic E-state index is 0.329. The minimum atomic E-state index is -0.681. The predicted octanol–water partition coefficient (Wildman–Crippen LogP) is 2.87. The molecule has 0 aromatic heterocycles. The second kappa shape index (κ2) is 4.18. The van der Waals surface area contributed by atoms with E-state index in [9.17, 15) is 9.50 Å². The Morgan fingerprint density at radius 3 is 2.83 bits per heavy atom. The van der Waals surface area contributed by atoms with E-state index in [1.54, 1.807) is 12.1 Å². The van der Waals surface area contributed by atoms with Crippen molar-refractivity contribution in [3.8, 4) is 0 Å². The van der Waals surface area contributed by atoms with Crippen LogP contribution in [0.5, 0.6) is 0 Å². The molecule has 0 saturated heterocycles. The van der Waals surface area contributed by atoms with Crippen molar-refractivity contribution < 1.29 is 9.50 Å². The van der Waals surface area contributed by atoms with Crippen molar-refractivity contribution in [3.05, 3.63) is 33.1 Å². The fraction of sp³-hybridized carbons (Fsp3) is 0.333. The molecule has 0 aliphatic heterocycles. The Morgan fingerprint density at radius 1 is 1.58 bits per heavy atom. The summed E-state index contributed by atoms with van der Waals surface area (Å²) in [6.07, 6.45) is -0.142. The van der Waals surface area contributed by atoms with E-state index >= 15 is 0 Å². The van der Waals surface area contributed by atoms with Crippen LogP contribution in [0.25, 0.3) is 0 Å². The highest BCUT2D eigenvalue weighted by atomic mass is 127. The monoisotopic (exact) mass is 280 g/mol. The quantitative estimate of drug-likeness (QED) is 0.826. The van der Waals surface area contributed by atoms with Crippen LogP contribution in [0.2, 0.25) is 0 Å². The summed E-state index contributed by atoms with van der Waals surface area (Å²) in [6.45, 7) is 1.82. The van der Waals surface area contributed by atoms with Gasteiger partial charge in [-0.15, -0.1) is 0 Å². The Labute approximate surface area is 84.7 Å². The van der Waals surface area contributed by atoms with Crippen LogP contribution in [-0.2, 0) is 0 Å². The van der Waals surface area contributed by atoms with Gasteiger partial charge in [0.25, 0.3) is 0 Å². The third kappa shape index (κ3) is 2.17. The summed E-state index contributed by atoms with van der Waals surface area (Å²) in [5.41, 5.74) is 0.393. The second-order valence-corrected chi connectivity index (χ2v) is 3.84. The Balaban J connectivity index is 3.04. The van der Waals surface area contributed by atoms with Crippen LogP contribution >= 0.6 is 22.6 Å². The first-order chi connectivity index (χ1) is 5.65. The topological polar surface area (TPSA) is 20.2 Å². The highest BCUT2D eigenvalue weighted by Gasteiger charge is 2.10. The molecule has 0 amide bonds. The lowest BCUT2D eigenvalue weighted by molar-refractivity contribution is 0.169. The molecule has 0 aliphatic carbocycles. The molecule has 1 rings (SSSR count). The van der Waals surface area contributed by atoms with E-state index in [1.165, 1.54) is 6.07 Å². The van der Waals surface area contributed by atoms with Crippen molar-refractivity contribution in [2.75, 3.05) is 0 Å². The van der Waals surface area contributed by atoms with Gasteiger partial charge in [-0.25, -0.2) is 4.39 Å². The van der Waals surface area contributed by atoms with Gasteiger partial charge in [-0.1, -0.05) is 6.92 Å². The number of hydrogen-bond donors (Lipinski definition) is 1. The summed E-state index contributed by atoms with van der Waals surface area (Å²) in [6, 6.07) is 4.74. The maximum atomic E-state index is 13.0. The predicted molar refractivity (Wildman–Crippen MR) is 54.4 cm³/mol. The Hall–Kier alpha value is -0.160. The highest BCUT2D eigenvalue weighted by Crippen LogP contribution is 2.21. The minimum Gasteiger partial charge on any atom is -0.388 e. The third-order valence-corrected chi connectivity index (χ3v) is 2.37. The second-order valence-electron chi connectivity index (χ2n) is 2.59. The molecule has 3 heteroatoms. The molecule has 1 atom stereocenters. The average Bonchev–Trinajstić information content (AvgIpc) is 2.08. The zero-order valence-electron chi connectivity index (χ0n) is 6.72. The first-order valence-electron chi connectivity index (χ1n) is 3.78. The van der Waals surface area contributed by atoms with Gasteiger partial charge in [0.1, 0.15) is 5.82 Å². The first-order valence-corrected chi connectivity index (χ1v) is 4.86. The summed E-state index contributed by atoms with van der Waals surface area (Å²) in [5.74, 6) is -0.329. The molecule has 1 aromatic carbocycles. The van der Waals surface area contributed by atoms with Crippen LogP contribution in [-0.4, -0.2) is 5.11 Å². The van der Waals surface area contributed by atoms with Gasteiger partial charge in [0.05, 0.1) is 6.10 Å². The van der Waals surface area contributed by atoms with Gasteiger partial charge < -0.3 is 5.11 Å². The van der Waals surface area contributed by atoms with E-state index in [0.717, 1.165) is 3.57 Å². The van der Waals surface area contributed by atoms with E-state index in [1.807, 2.05) is 6.92 Å². The molecule has 66 valence electrons.